The fraction of sp³-hybridized carbons (Fsp3) is 0.368. The van der Waals surface area contributed by atoms with Crippen LogP contribution in [-0.4, -0.2) is 35.1 Å². The van der Waals surface area contributed by atoms with Crippen molar-refractivity contribution >= 4 is 12.2 Å². The van der Waals surface area contributed by atoms with E-state index in [4.69, 9.17) is 9.47 Å². The number of carbonyl (C=O) groups is 1. The van der Waals surface area contributed by atoms with Crippen molar-refractivity contribution in [2.45, 2.75) is 32.9 Å². The number of benzene rings is 1. The molecule has 0 aliphatic heterocycles. The fourth-order valence-corrected chi connectivity index (χ4v) is 2.25. The maximum absolute atomic E-state index is 11.6. The van der Waals surface area contributed by atoms with Crippen molar-refractivity contribution in [3.8, 4) is 5.75 Å². The second-order valence-corrected chi connectivity index (χ2v) is 6.56. The van der Waals surface area contributed by atoms with Gasteiger partial charge in [-0.25, -0.2) is 4.79 Å². The molecule has 0 aliphatic carbocycles. The summed E-state index contributed by atoms with van der Waals surface area (Å²) in [6.45, 7) is 6.53. The van der Waals surface area contributed by atoms with Gasteiger partial charge in [0.1, 0.15) is 11.4 Å². The van der Waals surface area contributed by atoms with Gasteiger partial charge in [0, 0.05) is 24.5 Å². The normalized spacial score (nSPS) is 11.5. The molecular weight excluding hydrogens is 318 g/mol. The van der Waals surface area contributed by atoms with Gasteiger partial charge in [-0.05, 0) is 44.5 Å². The Morgan fingerprint density at radius 2 is 2.16 bits per heavy atom. The van der Waals surface area contributed by atoms with E-state index in [1.807, 2.05) is 68.1 Å². The maximum atomic E-state index is 11.6. The standard InChI is InChI=1S/C19H25N3O3/c1-19(2,3)25-18(23)20-10-5-7-15-8-9-17(24-4)16(13-15)14-22-12-6-11-21-22/h5-9,11-13H,10,14H2,1-4H3,(H,20,23). The van der Waals surface area contributed by atoms with Gasteiger partial charge in [-0.3, -0.25) is 4.68 Å². The maximum Gasteiger partial charge on any atom is 0.407 e. The van der Waals surface area contributed by atoms with Crippen molar-refractivity contribution in [2.24, 2.45) is 0 Å². The molecule has 0 bridgehead atoms. The van der Waals surface area contributed by atoms with Crippen LogP contribution in [0, 0.1) is 0 Å². The van der Waals surface area contributed by atoms with Gasteiger partial charge in [0.2, 0.25) is 0 Å². The quantitative estimate of drug-likeness (QED) is 0.872. The minimum absolute atomic E-state index is 0.398. The number of methoxy groups -OCH3 is 1. The number of hydrogen-bond donors (Lipinski definition) is 1. The number of rotatable bonds is 6. The number of nitrogens with one attached hydrogen (secondary N) is 1. The Bertz CT molecular complexity index is 716. The van der Waals surface area contributed by atoms with E-state index < -0.39 is 11.7 Å². The van der Waals surface area contributed by atoms with E-state index in [-0.39, 0.29) is 0 Å². The van der Waals surface area contributed by atoms with Crippen molar-refractivity contribution < 1.29 is 14.3 Å². The van der Waals surface area contributed by atoms with Crippen LogP contribution in [0.1, 0.15) is 31.9 Å². The Balaban J connectivity index is 1.96. The lowest BCUT2D eigenvalue weighted by Gasteiger charge is -2.19. The van der Waals surface area contributed by atoms with Crippen molar-refractivity contribution in [3.05, 3.63) is 53.9 Å². The topological polar surface area (TPSA) is 65.4 Å². The molecule has 0 saturated heterocycles. The first-order valence-electron chi connectivity index (χ1n) is 8.15. The van der Waals surface area contributed by atoms with Crippen LogP contribution in [0.4, 0.5) is 4.79 Å². The Morgan fingerprint density at radius 3 is 2.80 bits per heavy atom. The summed E-state index contributed by atoms with van der Waals surface area (Å²) < 4.78 is 12.4. The molecule has 1 aromatic carbocycles. The number of amides is 1. The number of aromatic nitrogens is 2. The first-order chi connectivity index (χ1) is 11.9. The smallest absolute Gasteiger partial charge is 0.407 e. The van der Waals surface area contributed by atoms with Crippen LogP contribution < -0.4 is 10.1 Å². The van der Waals surface area contributed by atoms with Crippen LogP contribution in [0.3, 0.4) is 0 Å². The molecule has 0 aliphatic rings. The SMILES string of the molecule is COc1ccc(C=CCNC(=O)OC(C)(C)C)cc1Cn1cccn1. The zero-order valence-electron chi connectivity index (χ0n) is 15.2. The molecule has 2 rings (SSSR count). The molecular formula is C19H25N3O3. The van der Waals surface area contributed by atoms with Gasteiger partial charge in [0.15, 0.2) is 0 Å². The molecule has 6 nitrogen and oxygen atoms in total. The van der Waals surface area contributed by atoms with Crippen LogP contribution >= 0.6 is 0 Å². The van der Waals surface area contributed by atoms with Crippen LogP contribution in [-0.2, 0) is 11.3 Å². The summed E-state index contributed by atoms with van der Waals surface area (Å²) >= 11 is 0. The fourth-order valence-electron chi connectivity index (χ4n) is 2.25. The lowest BCUT2D eigenvalue weighted by molar-refractivity contribution is 0.0534. The second-order valence-electron chi connectivity index (χ2n) is 6.56. The van der Waals surface area contributed by atoms with E-state index in [1.54, 1.807) is 13.3 Å². The zero-order chi connectivity index (χ0) is 18.3. The highest BCUT2D eigenvalue weighted by Gasteiger charge is 2.15. The summed E-state index contributed by atoms with van der Waals surface area (Å²) in [6.07, 6.45) is 7.06. The third-order valence-corrected chi connectivity index (χ3v) is 3.27. The average molecular weight is 343 g/mol. The van der Waals surface area contributed by atoms with Crippen molar-refractivity contribution in [1.82, 2.24) is 15.1 Å². The first kappa shape index (κ1) is 18.6. The van der Waals surface area contributed by atoms with Crippen molar-refractivity contribution in [2.75, 3.05) is 13.7 Å². The number of carbonyl (C=O) groups excluding carboxylic acids is 1. The molecule has 0 spiro atoms. The van der Waals surface area contributed by atoms with Gasteiger partial charge in [0.05, 0.1) is 13.7 Å². The number of ether oxygens (including phenoxy) is 2. The highest BCUT2D eigenvalue weighted by atomic mass is 16.6. The lowest BCUT2D eigenvalue weighted by Crippen LogP contribution is -2.32. The molecule has 6 heteroatoms. The summed E-state index contributed by atoms with van der Waals surface area (Å²) in [6, 6.07) is 7.83. The van der Waals surface area contributed by atoms with Gasteiger partial charge in [-0.1, -0.05) is 18.2 Å². The molecule has 1 heterocycles. The monoisotopic (exact) mass is 343 g/mol. The summed E-state index contributed by atoms with van der Waals surface area (Å²) in [5.41, 5.74) is 1.56. The Labute approximate surface area is 148 Å². The molecule has 0 atom stereocenters. The first-order valence-corrected chi connectivity index (χ1v) is 8.15. The van der Waals surface area contributed by atoms with Crippen LogP contribution in [0.2, 0.25) is 0 Å². The largest absolute Gasteiger partial charge is 0.496 e. The van der Waals surface area contributed by atoms with Gasteiger partial charge in [-0.15, -0.1) is 0 Å². The molecule has 2 aromatic rings. The third-order valence-electron chi connectivity index (χ3n) is 3.27. The van der Waals surface area contributed by atoms with Crippen molar-refractivity contribution in [1.29, 1.82) is 0 Å². The van der Waals surface area contributed by atoms with E-state index in [0.29, 0.717) is 13.1 Å². The van der Waals surface area contributed by atoms with Crippen LogP contribution in [0.25, 0.3) is 6.08 Å². The van der Waals surface area contributed by atoms with Gasteiger partial charge in [0.25, 0.3) is 0 Å². The minimum Gasteiger partial charge on any atom is -0.496 e. The Morgan fingerprint density at radius 1 is 1.36 bits per heavy atom. The number of alkyl carbamates (subject to hydrolysis) is 1. The molecule has 0 unspecified atom stereocenters. The van der Waals surface area contributed by atoms with Gasteiger partial charge >= 0.3 is 6.09 Å². The number of nitrogens with zero attached hydrogens (tertiary/aromatic N) is 2. The second kappa shape index (κ2) is 8.37. The summed E-state index contributed by atoms with van der Waals surface area (Å²) in [4.78, 5) is 11.6. The lowest BCUT2D eigenvalue weighted by atomic mass is 10.1. The Hall–Kier alpha value is -2.76. The summed E-state index contributed by atoms with van der Waals surface area (Å²) in [5, 5.41) is 6.92. The van der Waals surface area contributed by atoms with Crippen LogP contribution in [0.15, 0.2) is 42.7 Å². The van der Waals surface area contributed by atoms with Gasteiger partial charge < -0.3 is 14.8 Å². The highest BCUT2D eigenvalue weighted by molar-refractivity contribution is 5.68. The molecule has 25 heavy (non-hydrogen) atoms. The summed E-state index contributed by atoms with van der Waals surface area (Å²) in [7, 11) is 1.65. The molecule has 0 saturated carbocycles. The minimum atomic E-state index is -0.495. The zero-order valence-corrected chi connectivity index (χ0v) is 15.2. The van der Waals surface area contributed by atoms with Crippen molar-refractivity contribution in [3.63, 3.8) is 0 Å². The summed E-state index contributed by atoms with van der Waals surface area (Å²) in [5.74, 6) is 0.819. The predicted molar refractivity (Wildman–Crippen MR) is 97.6 cm³/mol. The molecule has 134 valence electrons. The molecule has 0 fully saturated rings. The van der Waals surface area contributed by atoms with E-state index >= 15 is 0 Å². The molecule has 0 radical (unpaired) electrons. The van der Waals surface area contributed by atoms with Gasteiger partial charge in [-0.2, -0.15) is 5.10 Å². The van der Waals surface area contributed by atoms with E-state index in [1.165, 1.54) is 0 Å². The van der Waals surface area contributed by atoms with E-state index in [0.717, 1.165) is 16.9 Å². The molecule has 1 aromatic heterocycles. The predicted octanol–water partition coefficient (Wildman–Crippen LogP) is 3.48. The highest BCUT2D eigenvalue weighted by Crippen LogP contribution is 2.21. The van der Waals surface area contributed by atoms with E-state index in [9.17, 15) is 4.79 Å². The van der Waals surface area contributed by atoms with E-state index in [2.05, 4.69) is 10.4 Å². The molecule has 1 amide bonds. The Kier molecular flexibility index (Phi) is 6.22. The van der Waals surface area contributed by atoms with Crippen LogP contribution in [0.5, 0.6) is 5.75 Å². The molecule has 1 N–H and O–H groups in total. The third kappa shape index (κ3) is 6.33. The number of hydrogen-bond acceptors (Lipinski definition) is 4. The average Bonchev–Trinajstić information content (AvgIpc) is 3.03.